The van der Waals surface area contributed by atoms with E-state index in [4.69, 9.17) is 11.5 Å². The van der Waals surface area contributed by atoms with E-state index in [0.29, 0.717) is 0 Å². The average molecular weight is 441 g/mol. The molecule has 2 aromatic rings. The first-order chi connectivity index (χ1) is 15.3. The van der Waals surface area contributed by atoms with Crippen molar-refractivity contribution in [2.45, 2.75) is 43.8 Å². The second kappa shape index (κ2) is 12.2. The van der Waals surface area contributed by atoms with Gasteiger partial charge in [-0.2, -0.15) is 0 Å². The first-order valence-electron chi connectivity index (χ1n) is 10.2. The zero-order valence-electron chi connectivity index (χ0n) is 17.6. The number of carboxylic acid groups (broad SMARTS) is 1. The van der Waals surface area contributed by atoms with Crippen molar-refractivity contribution in [1.82, 2.24) is 10.6 Å². The number of nitrogens with one attached hydrogen (secondary N) is 2. The normalized spacial score (nSPS) is 13.4. The summed E-state index contributed by atoms with van der Waals surface area (Å²) in [6.07, 6.45) is 0.0693. The second-order valence-electron chi connectivity index (χ2n) is 7.45. The van der Waals surface area contributed by atoms with Crippen LogP contribution in [0.4, 0.5) is 0 Å². The predicted octanol–water partition coefficient (Wildman–Crippen LogP) is 0.119. The number of carbonyl (C=O) groups is 4. The van der Waals surface area contributed by atoms with Gasteiger partial charge in [-0.1, -0.05) is 60.7 Å². The molecule has 7 N–H and O–H groups in total. The van der Waals surface area contributed by atoms with E-state index in [1.165, 1.54) is 0 Å². The van der Waals surface area contributed by atoms with Gasteiger partial charge < -0.3 is 27.2 Å². The van der Waals surface area contributed by atoms with Crippen molar-refractivity contribution in [3.63, 3.8) is 0 Å². The number of nitrogens with two attached hydrogens (primary N) is 2. The lowest BCUT2D eigenvalue weighted by Gasteiger charge is -2.23. The van der Waals surface area contributed by atoms with Gasteiger partial charge in [-0.25, -0.2) is 4.79 Å². The van der Waals surface area contributed by atoms with Crippen molar-refractivity contribution in [2.24, 2.45) is 11.5 Å². The Morgan fingerprint density at radius 2 is 1.28 bits per heavy atom. The Balaban J connectivity index is 2.06. The van der Waals surface area contributed by atoms with E-state index in [9.17, 15) is 24.3 Å². The lowest BCUT2D eigenvalue weighted by molar-refractivity contribution is -0.142. The zero-order chi connectivity index (χ0) is 23.5. The Morgan fingerprint density at radius 3 is 1.78 bits per heavy atom. The smallest absolute Gasteiger partial charge is 0.326 e. The van der Waals surface area contributed by atoms with Crippen molar-refractivity contribution in [3.8, 4) is 0 Å². The molecule has 0 saturated heterocycles. The maximum atomic E-state index is 12.8. The predicted molar refractivity (Wildman–Crippen MR) is 118 cm³/mol. The number of aliphatic carboxylic acids is 1. The number of amides is 3. The van der Waals surface area contributed by atoms with Crippen molar-refractivity contribution in [3.05, 3.63) is 71.8 Å². The molecule has 0 aromatic heterocycles. The Morgan fingerprint density at radius 1 is 0.781 bits per heavy atom. The summed E-state index contributed by atoms with van der Waals surface area (Å²) in [4.78, 5) is 48.2. The Kier molecular flexibility index (Phi) is 9.37. The van der Waals surface area contributed by atoms with Crippen LogP contribution in [-0.4, -0.2) is 46.9 Å². The molecule has 0 fully saturated rings. The second-order valence-corrected chi connectivity index (χ2v) is 7.45. The number of hydrogen-bond donors (Lipinski definition) is 5. The van der Waals surface area contributed by atoms with Gasteiger partial charge in [0.2, 0.25) is 17.7 Å². The van der Waals surface area contributed by atoms with Crippen molar-refractivity contribution >= 4 is 23.7 Å². The van der Waals surface area contributed by atoms with Gasteiger partial charge in [0.05, 0.1) is 6.04 Å². The van der Waals surface area contributed by atoms with Gasteiger partial charge >= 0.3 is 5.97 Å². The minimum absolute atomic E-state index is 0.0614. The van der Waals surface area contributed by atoms with E-state index >= 15 is 0 Å². The third-order valence-electron chi connectivity index (χ3n) is 4.84. The monoisotopic (exact) mass is 440 g/mol. The van der Waals surface area contributed by atoms with E-state index in [2.05, 4.69) is 10.6 Å². The van der Waals surface area contributed by atoms with Crippen LogP contribution in [0.5, 0.6) is 0 Å². The number of rotatable bonds is 12. The van der Waals surface area contributed by atoms with Crippen LogP contribution in [0.15, 0.2) is 60.7 Å². The van der Waals surface area contributed by atoms with E-state index in [1.807, 2.05) is 30.3 Å². The highest BCUT2D eigenvalue weighted by atomic mass is 16.4. The van der Waals surface area contributed by atoms with Crippen LogP contribution >= 0.6 is 0 Å². The molecule has 3 atom stereocenters. The van der Waals surface area contributed by atoms with Crippen molar-refractivity contribution in [1.29, 1.82) is 0 Å². The van der Waals surface area contributed by atoms with Crippen LogP contribution in [0.25, 0.3) is 0 Å². The first kappa shape index (κ1) is 24.5. The molecule has 0 aliphatic rings. The van der Waals surface area contributed by atoms with Gasteiger partial charge in [0.15, 0.2) is 0 Å². The number of carboxylic acids is 1. The molecule has 0 radical (unpaired) electrons. The molecular weight excluding hydrogens is 412 g/mol. The highest BCUT2D eigenvalue weighted by molar-refractivity contribution is 5.92. The zero-order valence-corrected chi connectivity index (χ0v) is 17.6. The van der Waals surface area contributed by atoms with Crippen molar-refractivity contribution < 1.29 is 24.3 Å². The van der Waals surface area contributed by atoms with Gasteiger partial charge in [0, 0.05) is 12.8 Å². The van der Waals surface area contributed by atoms with Crippen LogP contribution < -0.4 is 22.1 Å². The van der Waals surface area contributed by atoms with Crippen LogP contribution in [0.1, 0.15) is 24.0 Å². The molecule has 0 aliphatic heterocycles. The molecule has 3 amide bonds. The maximum absolute atomic E-state index is 12.8. The van der Waals surface area contributed by atoms with Gasteiger partial charge in [-0.05, 0) is 24.0 Å². The fourth-order valence-corrected chi connectivity index (χ4v) is 3.12. The summed E-state index contributed by atoms with van der Waals surface area (Å²) in [6.45, 7) is 0. The minimum atomic E-state index is -1.22. The molecule has 32 heavy (non-hydrogen) atoms. The summed E-state index contributed by atoms with van der Waals surface area (Å²) in [6, 6.07) is 14.7. The molecular formula is C23H28N4O5. The summed E-state index contributed by atoms with van der Waals surface area (Å²) < 4.78 is 0. The molecule has 3 unspecified atom stereocenters. The third-order valence-corrected chi connectivity index (χ3v) is 4.84. The van der Waals surface area contributed by atoms with Crippen LogP contribution in [0.2, 0.25) is 0 Å². The topological polar surface area (TPSA) is 165 Å². The van der Waals surface area contributed by atoms with E-state index in [-0.39, 0.29) is 25.7 Å². The summed E-state index contributed by atoms with van der Waals surface area (Å²) >= 11 is 0. The summed E-state index contributed by atoms with van der Waals surface area (Å²) in [7, 11) is 0. The van der Waals surface area contributed by atoms with Crippen LogP contribution in [-0.2, 0) is 32.0 Å². The number of carbonyl (C=O) groups excluding carboxylic acids is 3. The lowest BCUT2D eigenvalue weighted by Crippen LogP contribution is -2.55. The fourth-order valence-electron chi connectivity index (χ4n) is 3.12. The van der Waals surface area contributed by atoms with Gasteiger partial charge in [0.1, 0.15) is 12.1 Å². The molecule has 2 rings (SSSR count). The third kappa shape index (κ3) is 8.19. The highest BCUT2D eigenvalue weighted by Gasteiger charge is 2.28. The molecule has 2 aromatic carbocycles. The standard InChI is InChI=1S/C23H28N4O5/c24-17(13-15-7-3-1-4-8-15)21(29)26-18(11-12-20(25)28)22(30)27-19(23(31)32)14-16-9-5-2-6-10-16/h1-10,17-19H,11-14,24H2,(H2,25,28)(H,26,29)(H,27,30)(H,31,32). The molecule has 0 spiro atoms. The van der Waals surface area contributed by atoms with Gasteiger partial charge in [0.25, 0.3) is 0 Å². The SMILES string of the molecule is NC(=O)CCC(NC(=O)C(N)Cc1ccccc1)C(=O)NC(Cc1ccccc1)C(=O)O. The molecule has 9 heteroatoms. The molecule has 9 nitrogen and oxygen atoms in total. The number of hydrogen-bond acceptors (Lipinski definition) is 5. The Bertz CT molecular complexity index is 920. The van der Waals surface area contributed by atoms with E-state index in [0.717, 1.165) is 11.1 Å². The summed E-state index contributed by atoms with van der Waals surface area (Å²) in [5.41, 5.74) is 12.7. The van der Waals surface area contributed by atoms with Crippen LogP contribution in [0, 0.1) is 0 Å². The molecule has 0 bridgehead atoms. The Labute approximate surface area is 186 Å². The maximum Gasteiger partial charge on any atom is 0.326 e. The first-order valence-corrected chi connectivity index (χ1v) is 10.2. The molecule has 0 saturated carbocycles. The molecule has 0 heterocycles. The molecule has 0 aliphatic carbocycles. The summed E-state index contributed by atoms with van der Waals surface area (Å²) in [5, 5.41) is 14.5. The van der Waals surface area contributed by atoms with Gasteiger partial charge in [-0.3, -0.25) is 14.4 Å². The average Bonchev–Trinajstić information content (AvgIpc) is 2.77. The van der Waals surface area contributed by atoms with E-state index < -0.39 is 41.8 Å². The largest absolute Gasteiger partial charge is 0.480 e. The van der Waals surface area contributed by atoms with Crippen molar-refractivity contribution in [2.75, 3.05) is 0 Å². The minimum Gasteiger partial charge on any atom is -0.480 e. The lowest BCUT2D eigenvalue weighted by atomic mass is 10.0. The quantitative estimate of drug-likeness (QED) is 0.314. The van der Waals surface area contributed by atoms with E-state index in [1.54, 1.807) is 30.3 Å². The number of primary amides is 1. The van der Waals surface area contributed by atoms with Crippen LogP contribution in [0.3, 0.4) is 0 Å². The molecule has 170 valence electrons. The number of benzene rings is 2. The fraction of sp³-hybridized carbons (Fsp3) is 0.304. The Hall–Kier alpha value is -3.72. The van der Waals surface area contributed by atoms with Gasteiger partial charge in [-0.15, -0.1) is 0 Å². The highest BCUT2D eigenvalue weighted by Crippen LogP contribution is 2.07. The summed E-state index contributed by atoms with van der Waals surface area (Å²) in [5.74, 6) is -3.18.